The summed E-state index contributed by atoms with van der Waals surface area (Å²) in [7, 11) is 2.10. The topological polar surface area (TPSA) is 88.3 Å². The normalized spacial score (nSPS) is 19.2. The molecule has 1 aliphatic heterocycles. The van der Waals surface area contributed by atoms with E-state index in [4.69, 9.17) is 5.10 Å². The molecule has 1 aromatic carbocycles. The second-order valence-electron chi connectivity index (χ2n) is 8.70. The largest absolute Gasteiger partial charge is 0.306 e. The Kier molecular flexibility index (Phi) is 5.08. The first kappa shape index (κ1) is 20.1. The Bertz CT molecular complexity index is 1310. The van der Waals surface area contributed by atoms with E-state index in [1.54, 1.807) is 0 Å². The number of rotatable bonds is 6. The number of benzene rings is 1. The van der Waals surface area contributed by atoms with Gasteiger partial charge in [-0.1, -0.05) is 11.3 Å². The fourth-order valence-corrected chi connectivity index (χ4v) is 6.02. The van der Waals surface area contributed by atoms with Gasteiger partial charge in [0, 0.05) is 23.8 Å². The van der Waals surface area contributed by atoms with E-state index in [9.17, 15) is 4.79 Å². The van der Waals surface area contributed by atoms with E-state index in [0.29, 0.717) is 23.4 Å². The number of aromatic nitrogens is 5. The van der Waals surface area contributed by atoms with Crippen molar-refractivity contribution in [2.24, 2.45) is 5.92 Å². The Labute approximate surface area is 193 Å². The third kappa shape index (κ3) is 4.10. The van der Waals surface area contributed by atoms with Crippen LogP contribution in [0.2, 0.25) is 0 Å². The van der Waals surface area contributed by atoms with Crippen molar-refractivity contribution >= 4 is 50.0 Å². The van der Waals surface area contributed by atoms with Crippen molar-refractivity contribution in [3.05, 3.63) is 36.0 Å². The zero-order chi connectivity index (χ0) is 21.7. The predicted molar refractivity (Wildman–Crippen MR) is 125 cm³/mol. The van der Waals surface area contributed by atoms with Gasteiger partial charge >= 0.3 is 0 Å². The SMILES string of the molecule is CN1CCC(CC(=O)Nc2nc3ccc(Sc4nnc5ccc(C6CC6)nn45)cc3s2)C1. The number of carbonyl (C=O) groups is 1. The lowest BCUT2D eigenvalue weighted by Gasteiger charge is -2.09. The van der Waals surface area contributed by atoms with Crippen LogP contribution in [0.3, 0.4) is 0 Å². The maximum Gasteiger partial charge on any atom is 0.226 e. The summed E-state index contributed by atoms with van der Waals surface area (Å²) >= 11 is 3.04. The number of nitrogens with one attached hydrogen (secondary N) is 1. The van der Waals surface area contributed by atoms with Crippen LogP contribution in [0.5, 0.6) is 0 Å². The van der Waals surface area contributed by atoms with Gasteiger partial charge in [-0.2, -0.15) is 9.61 Å². The average Bonchev–Trinajstić information content (AvgIpc) is 3.26. The minimum Gasteiger partial charge on any atom is -0.306 e. The first-order chi connectivity index (χ1) is 15.6. The van der Waals surface area contributed by atoms with Crippen LogP contribution < -0.4 is 5.32 Å². The molecule has 6 rings (SSSR count). The highest BCUT2D eigenvalue weighted by Crippen LogP contribution is 2.39. The molecule has 2 fully saturated rings. The van der Waals surface area contributed by atoms with E-state index in [1.165, 1.54) is 35.9 Å². The molecule has 1 amide bonds. The summed E-state index contributed by atoms with van der Waals surface area (Å²) in [6, 6.07) is 10.1. The van der Waals surface area contributed by atoms with E-state index in [1.807, 2.05) is 22.7 Å². The number of hydrogen-bond donors (Lipinski definition) is 1. The second-order valence-corrected chi connectivity index (χ2v) is 10.8. The van der Waals surface area contributed by atoms with Crippen molar-refractivity contribution < 1.29 is 4.79 Å². The summed E-state index contributed by atoms with van der Waals surface area (Å²) in [5.74, 6) is 1.06. The Hall–Kier alpha value is -2.56. The number of amides is 1. The second kappa shape index (κ2) is 8.09. The molecule has 2 aliphatic rings. The molecule has 164 valence electrons. The molecule has 10 heteroatoms. The summed E-state index contributed by atoms with van der Waals surface area (Å²) in [4.78, 5) is 20.3. The summed E-state index contributed by atoms with van der Waals surface area (Å²) in [6.07, 6.45) is 4.05. The highest BCUT2D eigenvalue weighted by Gasteiger charge is 2.26. The van der Waals surface area contributed by atoms with Gasteiger partial charge in [0.15, 0.2) is 10.8 Å². The Balaban J connectivity index is 1.18. The molecule has 4 aromatic rings. The number of anilines is 1. The molecule has 0 spiro atoms. The van der Waals surface area contributed by atoms with Gasteiger partial charge < -0.3 is 10.2 Å². The molecule has 1 N–H and O–H groups in total. The Morgan fingerprint density at radius 1 is 1.22 bits per heavy atom. The first-order valence-corrected chi connectivity index (χ1v) is 12.5. The smallest absolute Gasteiger partial charge is 0.226 e. The van der Waals surface area contributed by atoms with E-state index in [0.717, 1.165) is 51.1 Å². The van der Waals surface area contributed by atoms with Crippen molar-refractivity contribution in [3.63, 3.8) is 0 Å². The van der Waals surface area contributed by atoms with Gasteiger partial charge in [-0.15, -0.1) is 10.2 Å². The van der Waals surface area contributed by atoms with E-state index < -0.39 is 0 Å². The molecule has 0 bridgehead atoms. The molecule has 1 saturated heterocycles. The molecule has 1 aliphatic carbocycles. The quantitative estimate of drug-likeness (QED) is 0.460. The van der Waals surface area contributed by atoms with Gasteiger partial charge in [0.05, 0.1) is 15.9 Å². The van der Waals surface area contributed by atoms with Crippen LogP contribution in [-0.2, 0) is 4.79 Å². The third-order valence-electron chi connectivity index (χ3n) is 6.03. The van der Waals surface area contributed by atoms with Crippen LogP contribution in [0.25, 0.3) is 15.9 Å². The molecule has 1 unspecified atom stereocenters. The molecular formula is C22H23N7OS2. The highest BCUT2D eigenvalue weighted by atomic mass is 32.2. The number of carbonyl (C=O) groups excluding carboxylic acids is 1. The van der Waals surface area contributed by atoms with Crippen molar-refractivity contribution in [2.75, 3.05) is 25.5 Å². The number of hydrogen-bond acceptors (Lipinski definition) is 8. The van der Waals surface area contributed by atoms with E-state index in [-0.39, 0.29) is 5.91 Å². The third-order valence-corrected chi connectivity index (χ3v) is 7.89. The lowest BCUT2D eigenvalue weighted by molar-refractivity contribution is -0.117. The molecule has 1 saturated carbocycles. The van der Waals surface area contributed by atoms with Crippen LogP contribution in [0.1, 0.15) is 37.3 Å². The zero-order valence-electron chi connectivity index (χ0n) is 17.7. The molecular weight excluding hydrogens is 442 g/mol. The predicted octanol–water partition coefficient (Wildman–Crippen LogP) is 4.04. The van der Waals surface area contributed by atoms with Crippen LogP contribution in [0.15, 0.2) is 40.4 Å². The zero-order valence-corrected chi connectivity index (χ0v) is 19.3. The number of likely N-dealkylation sites (tertiary alicyclic amines) is 1. The molecule has 3 aromatic heterocycles. The molecule has 4 heterocycles. The van der Waals surface area contributed by atoms with Crippen molar-refractivity contribution in [1.82, 2.24) is 29.7 Å². The first-order valence-electron chi connectivity index (χ1n) is 10.9. The minimum absolute atomic E-state index is 0.0476. The van der Waals surface area contributed by atoms with Gasteiger partial charge in [0.25, 0.3) is 0 Å². The number of nitrogens with zero attached hydrogens (tertiary/aromatic N) is 6. The van der Waals surface area contributed by atoms with Gasteiger partial charge in [0.1, 0.15) is 0 Å². The number of fused-ring (bicyclic) bond motifs is 2. The van der Waals surface area contributed by atoms with Crippen molar-refractivity contribution in [3.8, 4) is 0 Å². The summed E-state index contributed by atoms with van der Waals surface area (Å²) in [5.41, 5.74) is 2.76. The fraction of sp³-hybridized carbons (Fsp3) is 0.409. The lowest BCUT2D eigenvalue weighted by Crippen LogP contribution is -2.19. The maximum absolute atomic E-state index is 12.4. The standard InChI is InChI=1S/C22H23N7OS2/c1-28-9-8-13(12-28)10-20(30)24-21-23-17-5-4-15(11-18(17)32-21)31-22-26-25-19-7-6-16(14-2-3-14)27-29(19)22/h4-7,11,13-14H,2-3,8-10,12H2,1H3,(H,23,24,30). The average molecular weight is 466 g/mol. The summed E-state index contributed by atoms with van der Waals surface area (Å²) in [6.45, 7) is 2.06. The summed E-state index contributed by atoms with van der Waals surface area (Å²) < 4.78 is 2.87. The van der Waals surface area contributed by atoms with Crippen LogP contribution in [0.4, 0.5) is 5.13 Å². The van der Waals surface area contributed by atoms with Gasteiger partial charge in [-0.05, 0) is 80.9 Å². The van der Waals surface area contributed by atoms with Gasteiger partial charge in [-0.3, -0.25) is 4.79 Å². The monoisotopic (exact) mass is 465 g/mol. The summed E-state index contributed by atoms with van der Waals surface area (Å²) in [5, 5.41) is 17.7. The number of thiazole rings is 1. The van der Waals surface area contributed by atoms with Crippen molar-refractivity contribution in [2.45, 2.75) is 41.7 Å². The van der Waals surface area contributed by atoms with Crippen LogP contribution in [-0.4, -0.2) is 55.7 Å². The van der Waals surface area contributed by atoms with Gasteiger partial charge in [0.2, 0.25) is 11.1 Å². The Morgan fingerprint density at radius 2 is 2.12 bits per heavy atom. The molecule has 8 nitrogen and oxygen atoms in total. The van der Waals surface area contributed by atoms with E-state index >= 15 is 0 Å². The highest BCUT2D eigenvalue weighted by molar-refractivity contribution is 7.99. The van der Waals surface area contributed by atoms with Crippen LogP contribution in [0, 0.1) is 5.92 Å². The molecule has 32 heavy (non-hydrogen) atoms. The molecule has 0 radical (unpaired) electrons. The molecule has 1 atom stereocenters. The Morgan fingerprint density at radius 3 is 2.94 bits per heavy atom. The maximum atomic E-state index is 12.4. The minimum atomic E-state index is 0.0476. The van der Waals surface area contributed by atoms with Crippen LogP contribution >= 0.6 is 23.1 Å². The van der Waals surface area contributed by atoms with Gasteiger partial charge in [-0.25, -0.2) is 4.98 Å². The van der Waals surface area contributed by atoms with E-state index in [2.05, 4.69) is 44.6 Å². The van der Waals surface area contributed by atoms with Crippen molar-refractivity contribution in [1.29, 1.82) is 0 Å². The lowest BCUT2D eigenvalue weighted by atomic mass is 10.1. The fourth-order valence-electron chi connectivity index (χ4n) is 4.20.